The first-order valence-electron chi connectivity index (χ1n) is 8.56. The molecule has 0 saturated carbocycles. The number of anilines is 1. The number of aryl methyl sites for hydroxylation is 2. The zero-order valence-corrected chi connectivity index (χ0v) is 16.9. The Balaban J connectivity index is 2.01. The van der Waals surface area contributed by atoms with Gasteiger partial charge in [-0.15, -0.1) is 0 Å². The first-order chi connectivity index (χ1) is 12.7. The van der Waals surface area contributed by atoms with E-state index < -0.39 is 10.0 Å². The lowest BCUT2D eigenvalue weighted by Crippen LogP contribution is -2.28. The number of hydrogen-bond acceptors (Lipinski definition) is 5. The zero-order valence-electron chi connectivity index (χ0n) is 16.1. The van der Waals surface area contributed by atoms with Crippen molar-refractivity contribution < 1.29 is 17.9 Å². The second-order valence-corrected chi connectivity index (χ2v) is 8.15. The van der Waals surface area contributed by atoms with Gasteiger partial charge in [-0.25, -0.2) is 13.1 Å². The third kappa shape index (κ3) is 6.16. The molecule has 1 aromatic heterocycles. The highest BCUT2D eigenvalue weighted by Crippen LogP contribution is 2.16. The second-order valence-electron chi connectivity index (χ2n) is 6.34. The quantitative estimate of drug-likeness (QED) is 0.624. The number of methoxy groups -OCH3 is 1. The Labute approximate surface area is 160 Å². The monoisotopic (exact) mass is 394 g/mol. The highest BCUT2D eigenvalue weighted by molar-refractivity contribution is 7.88. The van der Waals surface area contributed by atoms with Gasteiger partial charge in [0.25, 0.3) is 0 Å². The van der Waals surface area contributed by atoms with Crippen molar-refractivity contribution in [3.8, 4) is 0 Å². The number of ether oxygens (including phenoxy) is 1. The van der Waals surface area contributed by atoms with Gasteiger partial charge in [0.1, 0.15) is 0 Å². The summed E-state index contributed by atoms with van der Waals surface area (Å²) in [7, 11) is -0.112. The Morgan fingerprint density at radius 3 is 2.67 bits per heavy atom. The fraction of sp³-hybridized carbons (Fsp3) is 0.444. The molecule has 0 saturated heterocycles. The third-order valence-corrected chi connectivity index (χ3v) is 5.55. The molecule has 0 aliphatic rings. The van der Waals surface area contributed by atoms with Gasteiger partial charge in [-0.1, -0.05) is 12.1 Å². The predicted molar refractivity (Wildman–Crippen MR) is 104 cm³/mol. The van der Waals surface area contributed by atoms with Crippen molar-refractivity contribution in [2.24, 2.45) is 7.05 Å². The molecule has 148 valence electrons. The lowest BCUT2D eigenvalue weighted by atomic mass is 10.1. The molecule has 0 bridgehead atoms. The van der Waals surface area contributed by atoms with Crippen LogP contribution in [0.25, 0.3) is 0 Å². The maximum absolute atomic E-state index is 12.4. The Kier molecular flexibility index (Phi) is 7.11. The molecule has 0 radical (unpaired) electrons. The Bertz CT molecular complexity index is 906. The van der Waals surface area contributed by atoms with Gasteiger partial charge in [0.05, 0.1) is 24.5 Å². The van der Waals surface area contributed by atoms with Crippen molar-refractivity contribution in [1.29, 1.82) is 0 Å². The number of sulfonamides is 1. The molecule has 0 aliphatic heterocycles. The number of hydrogen-bond donors (Lipinski definition) is 2. The summed E-state index contributed by atoms with van der Waals surface area (Å²) in [5.41, 5.74) is 3.82. The topological polar surface area (TPSA) is 102 Å². The number of aromatic nitrogens is 2. The lowest BCUT2D eigenvalue weighted by Gasteiger charge is -2.09. The number of carbonyl (C=O) groups is 1. The molecule has 27 heavy (non-hydrogen) atoms. The molecule has 1 heterocycles. The third-order valence-electron chi connectivity index (χ3n) is 4.19. The van der Waals surface area contributed by atoms with Crippen LogP contribution in [0.15, 0.2) is 24.3 Å². The fourth-order valence-electron chi connectivity index (χ4n) is 2.75. The highest BCUT2D eigenvalue weighted by Gasteiger charge is 2.15. The van der Waals surface area contributed by atoms with Crippen LogP contribution in [0.4, 0.5) is 5.69 Å². The van der Waals surface area contributed by atoms with Gasteiger partial charge >= 0.3 is 0 Å². The van der Waals surface area contributed by atoms with Gasteiger partial charge in [0.2, 0.25) is 15.9 Å². The number of benzene rings is 1. The molecule has 2 N–H and O–H groups in total. The first kappa shape index (κ1) is 21.1. The van der Waals surface area contributed by atoms with Crippen LogP contribution < -0.4 is 10.0 Å². The largest absolute Gasteiger partial charge is 0.383 e. The van der Waals surface area contributed by atoms with Crippen LogP contribution in [-0.4, -0.2) is 44.4 Å². The van der Waals surface area contributed by atoms with Crippen molar-refractivity contribution in [2.45, 2.75) is 26.0 Å². The van der Waals surface area contributed by atoms with Crippen LogP contribution in [0.5, 0.6) is 0 Å². The molecule has 0 aliphatic carbocycles. The highest BCUT2D eigenvalue weighted by atomic mass is 32.2. The van der Waals surface area contributed by atoms with Crippen molar-refractivity contribution >= 4 is 21.6 Å². The summed E-state index contributed by atoms with van der Waals surface area (Å²) in [6.45, 7) is 4.32. The van der Waals surface area contributed by atoms with Crippen LogP contribution in [0.1, 0.15) is 22.5 Å². The molecule has 9 heteroatoms. The van der Waals surface area contributed by atoms with E-state index in [1.54, 1.807) is 28.9 Å². The second kappa shape index (κ2) is 9.12. The van der Waals surface area contributed by atoms with E-state index in [0.29, 0.717) is 17.9 Å². The summed E-state index contributed by atoms with van der Waals surface area (Å²) < 4.78 is 33.2. The average molecular weight is 394 g/mol. The van der Waals surface area contributed by atoms with Crippen molar-refractivity contribution in [3.63, 3.8) is 0 Å². The van der Waals surface area contributed by atoms with Crippen LogP contribution >= 0.6 is 0 Å². The molecular formula is C18H26N4O4S. The summed E-state index contributed by atoms with van der Waals surface area (Å²) in [5.74, 6) is -0.339. The number of carbonyl (C=O) groups excluding carboxylic acids is 1. The standard InChI is InChI=1S/C18H26N4O4S/c1-13-17(14(2)22(3)21-13)11-18(23)20-16-7-5-6-15(10-16)12-27(24,25)19-8-9-26-4/h5-7,10,19H,8-9,11-12H2,1-4H3,(H,20,23). The maximum Gasteiger partial charge on any atom is 0.228 e. The Morgan fingerprint density at radius 1 is 1.30 bits per heavy atom. The molecule has 2 rings (SSSR count). The molecule has 1 aromatic carbocycles. The van der Waals surface area contributed by atoms with Crippen LogP contribution in [0, 0.1) is 13.8 Å². The van der Waals surface area contributed by atoms with Crippen molar-refractivity contribution in [1.82, 2.24) is 14.5 Å². The Hall–Kier alpha value is -2.23. The smallest absolute Gasteiger partial charge is 0.228 e. The van der Waals surface area contributed by atoms with Gasteiger partial charge in [-0.05, 0) is 31.5 Å². The molecule has 0 atom stereocenters. The van der Waals surface area contributed by atoms with Gasteiger partial charge in [0, 0.05) is 37.6 Å². The molecule has 2 aromatic rings. The maximum atomic E-state index is 12.4. The summed E-state index contributed by atoms with van der Waals surface area (Å²) in [5, 5.41) is 7.13. The average Bonchev–Trinajstić information content (AvgIpc) is 2.81. The minimum Gasteiger partial charge on any atom is -0.383 e. The van der Waals surface area contributed by atoms with Gasteiger partial charge in [-0.3, -0.25) is 9.48 Å². The molecule has 8 nitrogen and oxygen atoms in total. The van der Waals surface area contributed by atoms with Gasteiger partial charge in [0.15, 0.2) is 0 Å². The van der Waals surface area contributed by atoms with Crippen molar-refractivity contribution in [3.05, 3.63) is 46.8 Å². The Morgan fingerprint density at radius 2 is 2.04 bits per heavy atom. The molecule has 1 amide bonds. The van der Waals surface area contributed by atoms with E-state index in [1.165, 1.54) is 7.11 Å². The number of amides is 1. The van der Waals surface area contributed by atoms with E-state index in [-0.39, 0.29) is 24.6 Å². The van der Waals surface area contributed by atoms with E-state index in [0.717, 1.165) is 17.0 Å². The van der Waals surface area contributed by atoms with Gasteiger partial charge < -0.3 is 10.1 Å². The van der Waals surface area contributed by atoms with E-state index in [2.05, 4.69) is 15.1 Å². The molecule has 0 fully saturated rings. The molecular weight excluding hydrogens is 368 g/mol. The van der Waals surface area contributed by atoms with Gasteiger partial charge in [-0.2, -0.15) is 5.10 Å². The summed E-state index contributed by atoms with van der Waals surface area (Å²) in [6, 6.07) is 6.82. The predicted octanol–water partition coefficient (Wildman–Crippen LogP) is 1.28. The summed E-state index contributed by atoms with van der Waals surface area (Å²) in [4.78, 5) is 12.4. The first-order valence-corrected chi connectivity index (χ1v) is 10.2. The van der Waals surface area contributed by atoms with Crippen LogP contribution in [0.3, 0.4) is 0 Å². The van der Waals surface area contributed by atoms with E-state index in [1.807, 2.05) is 20.9 Å². The normalized spacial score (nSPS) is 11.6. The minimum absolute atomic E-state index is 0.165. The van der Waals surface area contributed by atoms with E-state index in [4.69, 9.17) is 4.74 Å². The molecule has 0 spiro atoms. The minimum atomic E-state index is -3.46. The van der Waals surface area contributed by atoms with E-state index in [9.17, 15) is 13.2 Å². The summed E-state index contributed by atoms with van der Waals surface area (Å²) in [6.07, 6.45) is 0.215. The van der Waals surface area contributed by atoms with Crippen LogP contribution in [0.2, 0.25) is 0 Å². The number of rotatable bonds is 9. The van der Waals surface area contributed by atoms with Crippen LogP contribution in [-0.2, 0) is 38.8 Å². The zero-order chi connectivity index (χ0) is 20.0. The van der Waals surface area contributed by atoms with Crippen molar-refractivity contribution in [2.75, 3.05) is 25.6 Å². The summed E-state index contributed by atoms with van der Waals surface area (Å²) >= 11 is 0. The molecule has 0 unspecified atom stereocenters. The lowest BCUT2D eigenvalue weighted by molar-refractivity contribution is -0.115. The SMILES string of the molecule is COCCNS(=O)(=O)Cc1cccc(NC(=O)Cc2c(C)nn(C)c2C)c1. The number of nitrogens with zero attached hydrogens (tertiary/aromatic N) is 2. The van der Waals surface area contributed by atoms with E-state index >= 15 is 0 Å². The fourth-order valence-corrected chi connectivity index (χ4v) is 3.86. The number of nitrogens with one attached hydrogen (secondary N) is 2.